The molecule has 0 aliphatic heterocycles. The van der Waals surface area contributed by atoms with Crippen LogP contribution in [0.5, 0.6) is 0 Å². The van der Waals surface area contributed by atoms with Crippen LogP contribution in [-0.2, 0) is 0 Å². The molecule has 0 unspecified atom stereocenters. The molecule has 0 N–H and O–H groups in total. The minimum absolute atomic E-state index is 0.250. The van der Waals surface area contributed by atoms with Gasteiger partial charge < -0.3 is 0 Å². The Hall–Kier alpha value is -1.81. The number of hydrogen-bond acceptors (Lipinski definition) is 3. The second-order valence-electron chi connectivity index (χ2n) is 4.46. The van der Waals surface area contributed by atoms with E-state index in [-0.39, 0.29) is 5.82 Å². The lowest BCUT2D eigenvalue weighted by Crippen LogP contribution is -1.87. The molecule has 0 spiro atoms. The molecular formula is C14H11FN2S. The van der Waals surface area contributed by atoms with E-state index in [1.807, 2.05) is 26.0 Å². The van der Waals surface area contributed by atoms with Crippen LogP contribution in [0.1, 0.15) is 11.1 Å². The van der Waals surface area contributed by atoms with Gasteiger partial charge in [0.2, 0.25) is 0 Å². The molecule has 0 saturated carbocycles. The molecule has 90 valence electrons. The maximum Gasteiger partial charge on any atom is 0.133 e. The van der Waals surface area contributed by atoms with Gasteiger partial charge in [-0.15, -0.1) is 0 Å². The SMILES string of the molecule is Cc1cc(C)cc(-c2cc3nsnc3cc2F)c1. The second kappa shape index (κ2) is 4.14. The fraction of sp³-hybridized carbons (Fsp3) is 0.143. The maximum atomic E-state index is 14.1. The van der Waals surface area contributed by atoms with Crippen LogP contribution in [0.25, 0.3) is 22.2 Å². The van der Waals surface area contributed by atoms with Crippen LogP contribution < -0.4 is 0 Å². The summed E-state index contributed by atoms with van der Waals surface area (Å²) in [5.41, 5.74) is 5.09. The van der Waals surface area contributed by atoms with Crippen molar-refractivity contribution in [2.45, 2.75) is 13.8 Å². The number of rotatable bonds is 1. The minimum Gasteiger partial charge on any atom is -0.206 e. The van der Waals surface area contributed by atoms with Gasteiger partial charge in [0, 0.05) is 11.6 Å². The number of hydrogen-bond donors (Lipinski definition) is 0. The van der Waals surface area contributed by atoms with Crippen LogP contribution in [0.2, 0.25) is 0 Å². The summed E-state index contributed by atoms with van der Waals surface area (Å²) >= 11 is 1.11. The third-order valence-electron chi connectivity index (χ3n) is 2.88. The lowest BCUT2D eigenvalue weighted by atomic mass is 10.00. The number of aryl methyl sites for hydroxylation is 2. The standard InChI is InChI=1S/C14H11FN2S/c1-8-3-9(2)5-10(4-8)11-6-13-14(7-12(11)15)17-18-16-13/h3-7H,1-2H3. The van der Waals surface area contributed by atoms with Crippen molar-refractivity contribution in [3.8, 4) is 11.1 Å². The molecule has 0 aliphatic carbocycles. The fourth-order valence-corrected chi connectivity index (χ4v) is 2.67. The van der Waals surface area contributed by atoms with E-state index in [1.165, 1.54) is 6.07 Å². The first-order valence-corrected chi connectivity index (χ1v) is 6.37. The van der Waals surface area contributed by atoms with Crippen molar-refractivity contribution >= 4 is 22.8 Å². The molecule has 1 aromatic heterocycles. The van der Waals surface area contributed by atoms with E-state index in [0.717, 1.165) is 33.9 Å². The zero-order valence-electron chi connectivity index (χ0n) is 10.1. The van der Waals surface area contributed by atoms with Gasteiger partial charge in [-0.3, -0.25) is 0 Å². The molecule has 0 aliphatic rings. The van der Waals surface area contributed by atoms with Crippen molar-refractivity contribution in [1.29, 1.82) is 0 Å². The predicted molar refractivity (Wildman–Crippen MR) is 72.3 cm³/mol. The summed E-state index contributed by atoms with van der Waals surface area (Å²) in [6.45, 7) is 4.02. The zero-order chi connectivity index (χ0) is 12.7. The van der Waals surface area contributed by atoms with Gasteiger partial charge in [0.1, 0.15) is 16.9 Å². The lowest BCUT2D eigenvalue weighted by Gasteiger charge is -2.06. The van der Waals surface area contributed by atoms with Crippen LogP contribution in [0, 0.1) is 19.7 Å². The Morgan fingerprint density at radius 2 is 1.50 bits per heavy atom. The van der Waals surface area contributed by atoms with Gasteiger partial charge in [-0.25, -0.2) is 4.39 Å². The molecule has 0 radical (unpaired) electrons. The first kappa shape index (κ1) is 11.3. The molecule has 3 rings (SSSR count). The monoisotopic (exact) mass is 258 g/mol. The van der Waals surface area contributed by atoms with Gasteiger partial charge in [-0.05, 0) is 25.5 Å². The van der Waals surface area contributed by atoms with Crippen LogP contribution >= 0.6 is 11.7 Å². The molecule has 0 amide bonds. The van der Waals surface area contributed by atoms with E-state index in [1.54, 1.807) is 6.07 Å². The van der Waals surface area contributed by atoms with Gasteiger partial charge in [-0.1, -0.05) is 29.3 Å². The Bertz CT molecular complexity index is 713. The Kier molecular flexibility index (Phi) is 2.59. The Morgan fingerprint density at radius 1 is 0.889 bits per heavy atom. The summed E-state index contributed by atoms with van der Waals surface area (Å²) in [4.78, 5) is 0. The Balaban J connectivity index is 2.26. The smallest absolute Gasteiger partial charge is 0.133 e. The highest BCUT2D eigenvalue weighted by atomic mass is 32.1. The summed E-state index contributed by atoms with van der Waals surface area (Å²) in [5.74, 6) is -0.250. The fourth-order valence-electron chi connectivity index (χ4n) is 2.16. The van der Waals surface area contributed by atoms with Crippen LogP contribution in [-0.4, -0.2) is 8.75 Å². The largest absolute Gasteiger partial charge is 0.206 e. The van der Waals surface area contributed by atoms with E-state index >= 15 is 0 Å². The number of benzene rings is 2. The van der Waals surface area contributed by atoms with Gasteiger partial charge in [0.15, 0.2) is 0 Å². The molecule has 18 heavy (non-hydrogen) atoms. The number of nitrogens with zero attached hydrogens (tertiary/aromatic N) is 2. The van der Waals surface area contributed by atoms with E-state index in [2.05, 4.69) is 14.8 Å². The highest BCUT2D eigenvalue weighted by molar-refractivity contribution is 7.00. The summed E-state index contributed by atoms with van der Waals surface area (Å²) in [7, 11) is 0. The molecular weight excluding hydrogens is 247 g/mol. The minimum atomic E-state index is -0.250. The third-order valence-corrected chi connectivity index (χ3v) is 3.43. The number of fused-ring (bicyclic) bond motifs is 1. The van der Waals surface area contributed by atoms with Crippen LogP contribution in [0.15, 0.2) is 30.3 Å². The highest BCUT2D eigenvalue weighted by Gasteiger charge is 2.10. The Morgan fingerprint density at radius 3 is 2.17 bits per heavy atom. The number of halogens is 1. The van der Waals surface area contributed by atoms with Crippen molar-refractivity contribution in [2.24, 2.45) is 0 Å². The van der Waals surface area contributed by atoms with Gasteiger partial charge in [0.05, 0.1) is 11.7 Å². The maximum absolute atomic E-state index is 14.1. The summed E-state index contributed by atoms with van der Waals surface area (Å²) in [5, 5.41) is 0. The van der Waals surface area contributed by atoms with E-state index in [0.29, 0.717) is 11.1 Å². The van der Waals surface area contributed by atoms with Gasteiger partial charge in [0.25, 0.3) is 0 Å². The Labute approximate surface area is 108 Å². The van der Waals surface area contributed by atoms with Gasteiger partial charge >= 0.3 is 0 Å². The summed E-state index contributed by atoms with van der Waals surface area (Å²) in [6.07, 6.45) is 0. The van der Waals surface area contributed by atoms with Crippen LogP contribution in [0.4, 0.5) is 4.39 Å². The molecule has 4 heteroatoms. The van der Waals surface area contributed by atoms with Crippen molar-refractivity contribution < 1.29 is 4.39 Å². The molecule has 1 heterocycles. The van der Waals surface area contributed by atoms with E-state index in [4.69, 9.17) is 0 Å². The average Bonchev–Trinajstić information content (AvgIpc) is 2.73. The van der Waals surface area contributed by atoms with Gasteiger partial charge in [-0.2, -0.15) is 8.75 Å². The second-order valence-corrected chi connectivity index (χ2v) is 4.99. The molecule has 0 fully saturated rings. The molecule has 2 aromatic carbocycles. The van der Waals surface area contributed by atoms with Crippen molar-refractivity contribution in [1.82, 2.24) is 8.75 Å². The topological polar surface area (TPSA) is 25.8 Å². The first-order chi connectivity index (χ1) is 8.63. The number of aromatic nitrogens is 2. The van der Waals surface area contributed by atoms with Crippen LogP contribution in [0.3, 0.4) is 0 Å². The predicted octanol–water partition coefficient (Wildman–Crippen LogP) is 4.11. The van der Waals surface area contributed by atoms with Crippen molar-refractivity contribution in [3.63, 3.8) is 0 Å². The zero-order valence-corrected chi connectivity index (χ0v) is 10.9. The third kappa shape index (κ3) is 1.88. The first-order valence-electron chi connectivity index (χ1n) is 5.64. The summed E-state index contributed by atoms with van der Waals surface area (Å²) < 4.78 is 22.3. The molecule has 0 saturated heterocycles. The van der Waals surface area contributed by atoms with E-state index in [9.17, 15) is 4.39 Å². The molecule has 2 nitrogen and oxygen atoms in total. The summed E-state index contributed by atoms with van der Waals surface area (Å²) in [6, 6.07) is 9.26. The highest BCUT2D eigenvalue weighted by Crippen LogP contribution is 2.28. The van der Waals surface area contributed by atoms with E-state index < -0.39 is 0 Å². The van der Waals surface area contributed by atoms with Crippen molar-refractivity contribution in [2.75, 3.05) is 0 Å². The average molecular weight is 258 g/mol. The molecule has 3 aromatic rings. The normalized spacial score (nSPS) is 11.1. The quantitative estimate of drug-likeness (QED) is 0.656. The molecule has 0 atom stereocenters. The lowest BCUT2D eigenvalue weighted by molar-refractivity contribution is 0.633. The molecule has 0 bridgehead atoms. The van der Waals surface area contributed by atoms with Crippen molar-refractivity contribution in [3.05, 3.63) is 47.3 Å².